The van der Waals surface area contributed by atoms with E-state index in [0.717, 1.165) is 11.4 Å². The second-order valence-corrected chi connectivity index (χ2v) is 7.91. The Balaban J connectivity index is 1.39. The number of carbonyl (C=O) groups excluding carboxylic acids is 1. The molecule has 6 nitrogen and oxygen atoms in total. The molecule has 0 saturated carbocycles. The van der Waals surface area contributed by atoms with Gasteiger partial charge >= 0.3 is 0 Å². The number of fused-ring (bicyclic) bond motifs is 1. The highest BCUT2D eigenvalue weighted by molar-refractivity contribution is 6.04. The van der Waals surface area contributed by atoms with Crippen molar-refractivity contribution >= 4 is 23.1 Å². The molecule has 0 saturated heterocycles. The van der Waals surface area contributed by atoms with Gasteiger partial charge in [0.05, 0.1) is 11.9 Å². The fraction of sp³-hybridized carbons (Fsp3) is 0.217. The number of pyridine rings is 1. The van der Waals surface area contributed by atoms with Crippen molar-refractivity contribution in [3.8, 4) is 11.5 Å². The van der Waals surface area contributed by atoms with Crippen LogP contribution >= 0.6 is 0 Å². The lowest BCUT2D eigenvalue weighted by Gasteiger charge is -2.19. The number of amides is 1. The van der Waals surface area contributed by atoms with Crippen LogP contribution in [0.2, 0.25) is 0 Å². The quantitative estimate of drug-likeness (QED) is 0.649. The summed E-state index contributed by atoms with van der Waals surface area (Å²) in [7, 11) is 0. The number of benzene rings is 2. The molecule has 148 valence electrons. The average Bonchev–Trinajstić information content (AvgIpc) is 3.17. The smallest absolute Gasteiger partial charge is 0.255 e. The number of aromatic nitrogens is 1. The van der Waals surface area contributed by atoms with Crippen LogP contribution in [0.3, 0.4) is 0 Å². The number of hydrogen-bond acceptors (Lipinski definition) is 5. The van der Waals surface area contributed by atoms with Gasteiger partial charge < -0.3 is 20.1 Å². The lowest BCUT2D eigenvalue weighted by atomic mass is 9.87. The van der Waals surface area contributed by atoms with Gasteiger partial charge in [-0.2, -0.15) is 0 Å². The summed E-state index contributed by atoms with van der Waals surface area (Å²) in [6.07, 6.45) is 1.62. The topological polar surface area (TPSA) is 72.5 Å². The third-order valence-corrected chi connectivity index (χ3v) is 4.68. The minimum absolute atomic E-state index is 0.0553. The largest absolute Gasteiger partial charge is 0.454 e. The van der Waals surface area contributed by atoms with Crippen LogP contribution < -0.4 is 20.1 Å². The van der Waals surface area contributed by atoms with Gasteiger partial charge in [-0.1, -0.05) is 32.9 Å². The summed E-state index contributed by atoms with van der Waals surface area (Å²) in [4.78, 5) is 16.8. The highest BCUT2D eigenvalue weighted by Crippen LogP contribution is 2.35. The molecule has 29 heavy (non-hydrogen) atoms. The molecule has 1 aromatic heterocycles. The zero-order chi connectivity index (χ0) is 20.4. The van der Waals surface area contributed by atoms with Crippen molar-refractivity contribution in [1.82, 2.24) is 4.98 Å². The average molecular weight is 389 g/mol. The van der Waals surface area contributed by atoms with E-state index in [1.807, 2.05) is 54.6 Å². The number of anilines is 3. The molecule has 0 aliphatic carbocycles. The maximum absolute atomic E-state index is 12.5. The standard InChI is InChI=1S/C23H23N3O3/c1-23(2,3)16-6-4-15(5-7-16)22(27)26-18-9-11-21(24-13-18)25-17-8-10-19-20(12-17)29-14-28-19/h4-13H,14H2,1-3H3,(H,24,25)(H,26,27). The third-order valence-electron chi connectivity index (χ3n) is 4.68. The van der Waals surface area contributed by atoms with E-state index >= 15 is 0 Å². The summed E-state index contributed by atoms with van der Waals surface area (Å²) in [5, 5.41) is 6.08. The number of nitrogens with zero attached hydrogens (tertiary/aromatic N) is 1. The van der Waals surface area contributed by atoms with Crippen LogP contribution in [0.15, 0.2) is 60.8 Å². The van der Waals surface area contributed by atoms with E-state index in [1.54, 1.807) is 6.20 Å². The molecule has 1 aliphatic heterocycles. The predicted molar refractivity (Wildman–Crippen MR) is 113 cm³/mol. The van der Waals surface area contributed by atoms with E-state index in [1.165, 1.54) is 5.56 Å². The monoisotopic (exact) mass is 389 g/mol. The number of ether oxygens (including phenoxy) is 2. The molecular weight excluding hydrogens is 366 g/mol. The molecule has 2 N–H and O–H groups in total. The molecule has 0 spiro atoms. The number of rotatable bonds is 4. The van der Waals surface area contributed by atoms with E-state index in [4.69, 9.17) is 9.47 Å². The summed E-state index contributed by atoms with van der Waals surface area (Å²) < 4.78 is 10.7. The summed E-state index contributed by atoms with van der Waals surface area (Å²) in [6, 6.07) is 16.9. The van der Waals surface area contributed by atoms with Crippen LogP contribution in [0.1, 0.15) is 36.7 Å². The van der Waals surface area contributed by atoms with Gasteiger partial charge in [0.15, 0.2) is 11.5 Å². The fourth-order valence-corrected chi connectivity index (χ4v) is 2.99. The molecule has 3 aromatic rings. The number of carbonyl (C=O) groups is 1. The molecule has 2 heterocycles. The SMILES string of the molecule is CC(C)(C)c1ccc(C(=O)Nc2ccc(Nc3ccc4c(c3)OCO4)nc2)cc1. The summed E-state index contributed by atoms with van der Waals surface area (Å²) in [5.74, 6) is 1.94. The first kappa shape index (κ1) is 18.8. The Morgan fingerprint density at radius 1 is 0.931 bits per heavy atom. The molecular formula is C23H23N3O3. The molecule has 0 bridgehead atoms. The zero-order valence-electron chi connectivity index (χ0n) is 16.7. The van der Waals surface area contributed by atoms with E-state index in [0.29, 0.717) is 22.8 Å². The van der Waals surface area contributed by atoms with Gasteiger partial charge in [0.25, 0.3) is 5.91 Å². The minimum atomic E-state index is -0.163. The predicted octanol–water partition coefficient (Wildman–Crippen LogP) is 5.10. The maximum Gasteiger partial charge on any atom is 0.255 e. The van der Waals surface area contributed by atoms with Crippen molar-refractivity contribution in [2.45, 2.75) is 26.2 Å². The molecule has 1 amide bonds. The van der Waals surface area contributed by atoms with Crippen LogP contribution in [0.4, 0.5) is 17.2 Å². The lowest BCUT2D eigenvalue weighted by molar-refractivity contribution is 0.102. The van der Waals surface area contributed by atoms with Gasteiger partial charge in [0.2, 0.25) is 6.79 Å². The van der Waals surface area contributed by atoms with Crippen molar-refractivity contribution in [3.63, 3.8) is 0 Å². The zero-order valence-corrected chi connectivity index (χ0v) is 16.7. The molecule has 1 aliphatic rings. The van der Waals surface area contributed by atoms with E-state index in [9.17, 15) is 4.79 Å². The van der Waals surface area contributed by atoms with Crippen LogP contribution in [-0.2, 0) is 5.41 Å². The van der Waals surface area contributed by atoms with Crippen molar-refractivity contribution in [1.29, 1.82) is 0 Å². The number of hydrogen-bond donors (Lipinski definition) is 2. The molecule has 0 radical (unpaired) electrons. The Morgan fingerprint density at radius 3 is 2.34 bits per heavy atom. The van der Waals surface area contributed by atoms with Crippen molar-refractivity contribution in [3.05, 3.63) is 71.9 Å². The molecule has 4 rings (SSSR count). The number of nitrogens with one attached hydrogen (secondary N) is 2. The lowest BCUT2D eigenvalue weighted by Crippen LogP contribution is -2.14. The molecule has 0 unspecified atom stereocenters. The minimum Gasteiger partial charge on any atom is -0.454 e. The third kappa shape index (κ3) is 4.32. The Hall–Kier alpha value is -3.54. The van der Waals surface area contributed by atoms with Crippen LogP contribution in [-0.4, -0.2) is 17.7 Å². The first-order valence-corrected chi connectivity index (χ1v) is 9.43. The Labute approximate surface area is 169 Å². The van der Waals surface area contributed by atoms with Gasteiger partial charge in [0.1, 0.15) is 5.82 Å². The van der Waals surface area contributed by atoms with Gasteiger partial charge in [-0.05, 0) is 47.4 Å². The normalized spacial score (nSPS) is 12.5. The van der Waals surface area contributed by atoms with E-state index < -0.39 is 0 Å². The van der Waals surface area contributed by atoms with E-state index in [-0.39, 0.29) is 18.1 Å². The summed E-state index contributed by atoms with van der Waals surface area (Å²) in [6.45, 7) is 6.68. The van der Waals surface area contributed by atoms with Crippen LogP contribution in [0.5, 0.6) is 11.5 Å². The van der Waals surface area contributed by atoms with E-state index in [2.05, 4.69) is 36.4 Å². The maximum atomic E-state index is 12.5. The molecule has 0 atom stereocenters. The van der Waals surface area contributed by atoms with Gasteiger partial charge in [-0.15, -0.1) is 0 Å². The fourth-order valence-electron chi connectivity index (χ4n) is 2.99. The first-order chi connectivity index (χ1) is 13.9. The highest BCUT2D eigenvalue weighted by Gasteiger charge is 2.15. The second-order valence-electron chi connectivity index (χ2n) is 7.91. The molecule has 2 aromatic carbocycles. The molecule has 6 heteroatoms. The van der Waals surface area contributed by atoms with Crippen LogP contribution in [0, 0.1) is 0 Å². The van der Waals surface area contributed by atoms with Gasteiger partial charge in [-0.3, -0.25) is 4.79 Å². The Bertz CT molecular complexity index is 1020. The first-order valence-electron chi connectivity index (χ1n) is 9.43. The van der Waals surface area contributed by atoms with Gasteiger partial charge in [0, 0.05) is 17.3 Å². The second kappa shape index (κ2) is 7.47. The highest BCUT2D eigenvalue weighted by atomic mass is 16.7. The van der Waals surface area contributed by atoms with Crippen molar-refractivity contribution < 1.29 is 14.3 Å². The Kier molecular flexibility index (Phi) is 4.84. The Morgan fingerprint density at radius 2 is 1.66 bits per heavy atom. The van der Waals surface area contributed by atoms with Crippen molar-refractivity contribution in [2.24, 2.45) is 0 Å². The van der Waals surface area contributed by atoms with Gasteiger partial charge in [-0.25, -0.2) is 4.98 Å². The van der Waals surface area contributed by atoms with Crippen molar-refractivity contribution in [2.75, 3.05) is 17.4 Å². The summed E-state index contributed by atoms with van der Waals surface area (Å²) in [5.41, 5.74) is 3.33. The summed E-state index contributed by atoms with van der Waals surface area (Å²) >= 11 is 0. The molecule has 0 fully saturated rings. The van der Waals surface area contributed by atoms with Crippen LogP contribution in [0.25, 0.3) is 0 Å².